The van der Waals surface area contributed by atoms with Gasteiger partial charge in [-0.2, -0.15) is 18.3 Å². The van der Waals surface area contributed by atoms with Crippen molar-refractivity contribution in [3.05, 3.63) is 76.0 Å². The van der Waals surface area contributed by atoms with Gasteiger partial charge in [0.15, 0.2) is 5.76 Å². The van der Waals surface area contributed by atoms with Crippen molar-refractivity contribution in [3.63, 3.8) is 0 Å². The number of alkyl halides is 3. The summed E-state index contributed by atoms with van der Waals surface area (Å²) in [6.07, 6.45) is -2.38. The number of hydrogen-bond acceptors (Lipinski definition) is 5. The molecule has 140 valence electrons. The van der Waals surface area contributed by atoms with Crippen LogP contribution in [0.2, 0.25) is 0 Å². The molecule has 0 saturated heterocycles. The first-order valence-electron chi connectivity index (χ1n) is 7.47. The molecule has 0 saturated carbocycles. The molecule has 0 atom stereocenters. The lowest BCUT2D eigenvalue weighted by molar-refractivity contribution is -0.385. The third kappa shape index (κ3) is 4.14. The molecule has 0 aliphatic heterocycles. The van der Waals surface area contributed by atoms with Crippen LogP contribution in [0.15, 0.2) is 53.2 Å². The summed E-state index contributed by atoms with van der Waals surface area (Å²) >= 11 is 0. The highest BCUT2D eigenvalue weighted by Crippen LogP contribution is 2.34. The number of hydrogen-bond donors (Lipinski definition) is 1. The maximum atomic E-state index is 13.0. The van der Waals surface area contributed by atoms with E-state index in [0.717, 1.165) is 18.3 Å². The normalized spacial score (nSPS) is 11.4. The predicted octanol–water partition coefficient (Wildman–Crippen LogP) is 3.70. The molecule has 2 aromatic heterocycles. The van der Waals surface area contributed by atoms with Crippen LogP contribution in [-0.4, -0.2) is 20.6 Å². The fourth-order valence-corrected chi connectivity index (χ4v) is 2.30. The average molecular weight is 380 g/mol. The fraction of sp³-hybridized carbons (Fsp3) is 0.125. The zero-order chi connectivity index (χ0) is 19.6. The van der Waals surface area contributed by atoms with E-state index in [0.29, 0.717) is 0 Å². The van der Waals surface area contributed by atoms with Crippen LogP contribution in [0.3, 0.4) is 0 Å². The van der Waals surface area contributed by atoms with Gasteiger partial charge in [0.25, 0.3) is 5.91 Å². The van der Waals surface area contributed by atoms with E-state index in [1.165, 1.54) is 35.1 Å². The molecule has 2 heterocycles. The highest BCUT2D eigenvalue weighted by atomic mass is 19.4. The summed E-state index contributed by atoms with van der Waals surface area (Å²) in [6.45, 7) is 0.0141. The standard InChI is InChI=1S/C16H11F3N4O4/c17-16(18,19)12-3-1-2-4-13(12)21-15(24)14-6-5-11(27-14)9-22-8-10(7-20-22)23(25)26/h1-8H,9H2,(H,21,24). The number of nitrogens with zero attached hydrogens (tertiary/aromatic N) is 3. The van der Waals surface area contributed by atoms with E-state index < -0.39 is 28.3 Å². The van der Waals surface area contributed by atoms with Gasteiger partial charge in [-0.15, -0.1) is 0 Å². The van der Waals surface area contributed by atoms with Gasteiger partial charge in [-0.25, -0.2) is 0 Å². The average Bonchev–Trinajstić information content (AvgIpc) is 3.24. The molecule has 27 heavy (non-hydrogen) atoms. The number of halogens is 3. The number of rotatable bonds is 5. The second-order valence-electron chi connectivity index (χ2n) is 5.42. The van der Waals surface area contributed by atoms with E-state index >= 15 is 0 Å². The molecular formula is C16H11F3N4O4. The lowest BCUT2D eigenvalue weighted by Crippen LogP contribution is -2.16. The first kappa shape index (κ1) is 18.2. The minimum absolute atomic E-state index is 0.0141. The molecule has 1 amide bonds. The van der Waals surface area contributed by atoms with Gasteiger partial charge in [0.2, 0.25) is 0 Å². The second-order valence-corrected chi connectivity index (χ2v) is 5.42. The van der Waals surface area contributed by atoms with Gasteiger partial charge in [0.1, 0.15) is 18.2 Å². The van der Waals surface area contributed by atoms with Gasteiger partial charge in [0.05, 0.1) is 22.7 Å². The Bertz CT molecular complexity index is 993. The Balaban J connectivity index is 1.73. The number of anilines is 1. The first-order valence-corrected chi connectivity index (χ1v) is 7.47. The van der Waals surface area contributed by atoms with Crippen molar-refractivity contribution in [1.82, 2.24) is 9.78 Å². The summed E-state index contributed by atoms with van der Waals surface area (Å²) in [4.78, 5) is 22.2. The van der Waals surface area contributed by atoms with Crippen LogP contribution in [0.25, 0.3) is 0 Å². The van der Waals surface area contributed by atoms with E-state index in [1.54, 1.807) is 0 Å². The third-order valence-electron chi connectivity index (χ3n) is 3.51. The molecule has 0 aliphatic rings. The lowest BCUT2D eigenvalue weighted by Gasteiger charge is -2.12. The molecule has 0 radical (unpaired) electrons. The summed E-state index contributed by atoms with van der Waals surface area (Å²) in [5.41, 5.74) is -1.58. The maximum absolute atomic E-state index is 13.0. The van der Waals surface area contributed by atoms with Crippen molar-refractivity contribution < 1.29 is 27.3 Å². The molecular weight excluding hydrogens is 369 g/mol. The molecule has 0 spiro atoms. The molecule has 1 N–H and O–H groups in total. The summed E-state index contributed by atoms with van der Waals surface area (Å²) in [5, 5.41) is 16.6. The number of aromatic nitrogens is 2. The quantitative estimate of drug-likeness (QED) is 0.537. The van der Waals surface area contributed by atoms with E-state index in [1.807, 2.05) is 0 Å². The lowest BCUT2D eigenvalue weighted by atomic mass is 10.1. The predicted molar refractivity (Wildman–Crippen MR) is 86.1 cm³/mol. The molecule has 0 fully saturated rings. The molecule has 11 heteroatoms. The van der Waals surface area contributed by atoms with Crippen molar-refractivity contribution in [1.29, 1.82) is 0 Å². The highest BCUT2D eigenvalue weighted by molar-refractivity contribution is 6.02. The van der Waals surface area contributed by atoms with Gasteiger partial charge >= 0.3 is 11.9 Å². The number of amides is 1. The number of carbonyl (C=O) groups excluding carboxylic acids is 1. The first-order chi connectivity index (χ1) is 12.7. The minimum Gasteiger partial charge on any atom is -0.454 e. The van der Waals surface area contributed by atoms with Crippen molar-refractivity contribution in [2.75, 3.05) is 5.32 Å². The minimum atomic E-state index is -4.62. The Kier molecular flexibility index (Phi) is 4.67. The van der Waals surface area contributed by atoms with Gasteiger partial charge in [-0.1, -0.05) is 12.1 Å². The van der Waals surface area contributed by atoms with Crippen molar-refractivity contribution in [3.8, 4) is 0 Å². The largest absolute Gasteiger partial charge is 0.454 e. The zero-order valence-electron chi connectivity index (χ0n) is 13.4. The molecule has 1 aromatic carbocycles. The number of nitro groups is 1. The maximum Gasteiger partial charge on any atom is 0.418 e. The van der Waals surface area contributed by atoms with Gasteiger partial charge in [-0.05, 0) is 24.3 Å². The van der Waals surface area contributed by atoms with Crippen LogP contribution in [0.4, 0.5) is 24.5 Å². The van der Waals surface area contributed by atoms with Crippen molar-refractivity contribution >= 4 is 17.3 Å². The Hall–Kier alpha value is -3.63. The smallest absolute Gasteiger partial charge is 0.418 e. The summed E-state index contributed by atoms with van der Waals surface area (Å²) < 4.78 is 45.4. The topological polar surface area (TPSA) is 103 Å². The van der Waals surface area contributed by atoms with E-state index in [9.17, 15) is 28.1 Å². The molecule has 0 aliphatic carbocycles. The van der Waals surface area contributed by atoms with Crippen LogP contribution < -0.4 is 5.32 Å². The van der Waals surface area contributed by atoms with Gasteiger partial charge in [0, 0.05) is 0 Å². The number of para-hydroxylation sites is 1. The van der Waals surface area contributed by atoms with Crippen molar-refractivity contribution in [2.45, 2.75) is 12.7 Å². The molecule has 3 aromatic rings. The third-order valence-corrected chi connectivity index (χ3v) is 3.51. The summed E-state index contributed by atoms with van der Waals surface area (Å²) in [7, 11) is 0. The SMILES string of the molecule is O=C(Nc1ccccc1C(F)(F)F)c1ccc(Cn2cc([N+](=O)[O-])cn2)o1. The van der Waals surface area contributed by atoms with Crippen LogP contribution in [0.1, 0.15) is 21.9 Å². The van der Waals surface area contributed by atoms with Crippen LogP contribution in [-0.2, 0) is 12.7 Å². The number of nitrogens with one attached hydrogen (secondary N) is 1. The molecule has 8 nitrogen and oxygen atoms in total. The van der Waals surface area contributed by atoms with Crippen LogP contribution >= 0.6 is 0 Å². The Morgan fingerprint density at radius 2 is 2.00 bits per heavy atom. The van der Waals surface area contributed by atoms with Crippen LogP contribution in [0.5, 0.6) is 0 Å². The van der Waals surface area contributed by atoms with Gasteiger partial charge < -0.3 is 9.73 Å². The Labute approximate surface area is 149 Å². The zero-order valence-corrected chi connectivity index (χ0v) is 13.4. The van der Waals surface area contributed by atoms with E-state index in [-0.39, 0.29) is 23.8 Å². The fourth-order valence-electron chi connectivity index (χ4n) is 2.30. The summed E-state index contributed by atoms with van der Waals surface area (Å²) in [6, 6.07) is 7.29. The van der Waals surface area contributed by atoms with Gasteiger partial charge in [-0.3, -0.25) is 19.6 Å². The van der Waals surface area contributed by atoms with E-state index in [4.69, 9.17) is 4.42 Å². The molecule has 0 unspecified atom stereocenters. The number of benzene rings is 1. The van der Waals surface area contributed by atoms with Crippen molar-refractivity contribution in [2.24, 2.45) is 0 Å². The Morgan fingerprint density at radius 3 is 2.67 bits per heavy atom. The number of carbonyl (C=O) groups is 1. The second kappa shape index (κ2) is 6.94. The highest BCUT2D eigenvalue weighted by Gasteiger charge is 2.33. The molecule has 0 bridgehead atoms. The monoisotopic (exact) mass is 380 g/mol. The Morgan fingerprint density at radius 1 is 1.26 bits per heavy atom. The summed E-state index contributed by atoms with van der Waals surface area (Å²) in [5.74, 6) is -0.810. The molecule has 3 rings (SSSR count). The van der Waals surface area contributed by atoms with Crippen LogP contribution in [0, 0.1) is 10.1 Å². The van der Waals surface area contributed by atoms with E-state index in [2.05, 4.69) is 10.4 Å². The number of furan rings is 1.